The van der Waals surface area contributed by atoms with Crippen LogP contribution in [0, 0.1) is 6.92 Å². The van der Waals surface area contributed by atoms with Crippen molar-refractivity contribution in [3.63, 3.8) is 0 Å². The fourth-order valence-electron chi connectivity index (χ4n) is 2.80. The zero-order valence-corrected chi connectivity index (χ0v) is 16.3. The van der Waals surface area contributed by atoms with E-state index < -0.39 is 6.10 Å². The molecule has 0 spiro atoms. The number of benzene rings is 1. The van der Waals surface area contributed by atoms with Crippen LogP contribution in [-0.4, -0.2) is 56.9 Å². The van der Waals surface area contributed by atoms with Crippen molar-refractivity contribution in [1.82, 2.24) is 14.9 Å². The van der Waals surface area contributed by atoms with Crippen molar-refractivity contribution in [2.45, 2.75) is 30.7 Å². The molecule has 27 heavy (non-hydrogen) atoms. The molecule has 0 aliphatic carbocycles. The minimum absolute atomic E-state index is 0.117. The summed E-state index contributed by atoms with van der Waals surface area (Å²) < 4.78 is 5.80. The Hall–Kier alpha value is -2.03. The monoisotopic (exact) mass is 409 g/mol. The normalized spacial score (nSPS) is 19.7. The van der Waals surface area contributed by atoms with Gasteiger partial charge in [-0.15, -0.1) is 0 Å². The summed E-state index contributed by atoms with van der Waals surface area (Å²) in [5.41, 5.74) is 0.359. The van der Waals surface area contributed by atoms with E-state index in [-0.39, 0.29) is 29.9 Å². The van der Waals surface area contributed by atoms with Gasteiger partial charge >= 0.3 is 0 Å². The van der Waals surface area contributed by atoms with E-state index in [0.717, 1.165) is 0 Å². The van der Waals surface area contributed by atoms with Crippen molar-refractivity contribution in [3.05, 3.63) is 51.4 Å². The van der Waals surface area contributed by atoms with Gasteiger partial charge in [0.05, 0.1) is 12.3 Å². The lowest BCUT2D eigenvalue weighted by molar-refractivity contribution is -0.134. The number of aryl methyl sites for hydroxylation is 1. The van der Waals surface area contributed by atoms with Crippen LogP contribution in [-0.2, 0) is 4.79 Å². The van der Waals surface area contributed by atoms with Gasteiger partial charge in [-0.1, -0.05) is 23.4 Å². The molecule has 2 aromatic rings. The summed E-state index contributed by atoms with van der Waals surface area (Å²) in [5, 5.41) is 11.4. The van der Waals surface area contributed by atoms with Crippen molar-refractivity contribution < 1.29 is 14.6 Å². The number of amides is 1. The fraction of sp³-hybridized carbons (Fsp3) is 0.389. The molecule has 2 atom stereocenters. The number of H-pyrrole nitrogens is 1. The van der Waals surface area contributed by atoms with Crippen molar-refractivity contribution in [3.8, 4) is 5.75 Å². The smallest absolute Gasteiger partial charge is 0.251 e. The number of β-amino-alcohol motifs (C(OH)–C–C–N with tert-alkyl or cyclic N) is 1. The number of halogens is 1. The molecule has 9 heteroatoms. The zero-order chi connectivity index (χ0) is 19.4. The SMILES string of the molecule is Cc1cc(=O)[nH]c(SCC(=O)N2CC[C@@H](Oc3ccc(Cl)cc3)[C@H](O)C2)n1. The first kappa shape index (κ1) is 19.7. The van der Waals surface area contributed by atoms with Crippen LogP contribution < -0.4 is 10.3 Å². The summed E-state index contributed by atoms with van der Waals surface area (Å²) in [6.45, 7) is 2.42. The number of carbonyl (C=O) groups is 1. The van der Waals surface area contributed by atoms with Crippen LogP contribution in [0.5, 0.6) is 5.75 Å². The number of aromatic nitrogens is 2. The summed E-state index contributed by atoms with van der Waals surface area (Å²) >= 11 is 7.03. The number of aliphatic hydroxyl groups is 1. The lowest BCUT2D eigenvalue weighted by atomic mass is 10.0. The summed E-state index contributed by atoms with van der Waals surface area (Å²) in [7, 11) is 0. The van der Waals surface area contributed by atoms with E-state index in [9.17, 15) is 14.7 Å². The maximum Gasteiger partial charge on any atom is 0.251 e. The molecule has 3 rings (SSSR count). The number of aliphatic hydroxyl groups excluding tert-OH is 1. The lowest BCUT2D eigenvalue weighted by Crippen LogP contribution is -2.51. The highest BCUT2D eigenvalue weighted by Crippen LogP contribution is 2.22. The average molecular weight is 410 g/mol. The van der Waals surface area contributed by atoms with E-state index in [4.69, 9.17) is 16.3 Å². The van der Waals surface area contributed by atoms with Gasteiger partial charge in [-0.3, -0.25) is 9.59 Å². The molecule has 1 saturated heterocycles. The van der Waals surface area contributed by atoms with Gasteiger partial charge in [-0.2, -0.15) is 0 Å². The molecular weight excluding hydrogens is 390 g/mol. The number of nitrogens with one attached hydrogen (secondary N) is 1. The number of nitrogens with zero attached hydrogens (tertiary/aromatic N) is 2. The van der Waals surface area contributed by atoms with Crippen LogP contribution in [0.3, 0.4) is 0 Å². The molecule has 1 aliphatic rings. The molecule has 0 radical (unpaired) electrons. The van der Waals surface area contributed by atoms with Gasteiger partial charge in [-0.25, -0.2) is 4.98 Å². The molecule has 7 nitrogen and oxygen atoms in total. The average Bonchev–Trinajstić information content (AvgIpc) is 2.62. The van der Waals surface area contributed by atoms with Crippen molar-refractivity contribution >= 4 is 29.3 Å². The second-order valence-corrected chi connectivity index (χ2v) is 7.69. The quantitative estimate of drug-likeness (QED) is 0.578. The number of carbonyl (C=O) groups excluding carboxylic acids is 1. The summed E-state index contributed by atoms with van der Waals surface area (Å²) in [5.74, 6) is 0.656. The van der Waals surface area contributed by atoms with Gasteiger partial charge in [0.1, 0.15) is 18.0 Å². The van der Waals surface area contributed by atoms with Gasteiger partial charge in [0, 0.05) is 29.7 Å². The predicted octanol–water partition coefficient (Wildman–Crippen LogP) is 1.86. The Morgan fingerprint density at radius 3 is 2.85 bits per heavy atom. The van der Waals surface area contributed by atoms with Crippen LogP contribution in [0.15, 0.2) is 40.3 Å². The fourth-order valence-corrected chi connectivity index (χ4v) is 3.75. The first-order valence-corrected chi connectivity index (χ1v) is 9.86. The molecule has 144 valence electrons. The number of hydrogen-bond donors (Lipinski definition) is 2. The van der Waals surface area contributed by atoms with E-state index >= 15 is 0 Å². The first-order chi connectivity index (χ1) is 12.9. The summed E-state index contributed by atoms with van der Waals surface area (Å²) in [4.78, 5) is 32.2. The maximum absolute atomic E-state index is 12.4. The molecule has 1 aromatic carbocycles. The van der Waals surface area contributed by atoms with Gasteiger partial charge in [-0.05, 0) is 31.2 Å². The molecule has 0 bridgehead atoms. The number of thioether (sulfide) groups is 1. The molecule has 1 aromatic heterocycles. The van der Waals surface area contributed by atoms with Gasteiger partial charge < -0.3 is 19.7 Å². The van der Waals surface area contributed by atoms with Gasteiger partial charge in [0.2, 0.25) is 5.91 Å². The van der Waals surface area contributed by atoms with Gasteiger partial charge in [0.15, 0.2) is 5.16 Å². The number of likely N-dealkylation sites (tertiary alicyclic amines) is 1. The lowest BCUT2D eigenvalue weighted by Gasteiger charge is -2.35. The van der Waals surface area contributed by atoms with Crippen LogP contribution in [0.1, 0.15) is 12.1 Å². The Bertz CT molecular complexity index is 858. The highest BCUT2D eigenvalue weighted by Gasteiger charge is 2.31. The van der Waals surface area contributed by atoms with Gasteiger partial charge in [0.25, 0.3) is 5.56 Å². The summed E-state index contributed by atoms with van der Waals surface area (Å²) in [6, 6.07) is 8.34. The van der Waals surface area contributed by atoms with E-state index in [1.54, 1.807) is 36.1 Å². The Kier molecular flexibility index (Phi) is 6.41. The van der Waals surface area contributed by atoms with Crippen LogP contribution in [0.4, 0.5) is 0 Å². The third kappa shape index (κ3) is 5.47. The Morgan fingerprint density at radius 2 is 2.19 bits per heavy atom. The molecule has 1 amide bonds. The van der Waals surface area contributed by atoms with E-state index in [1.165, 1.54) is 17.8 Å². The number of piperidine rings is 1. The third-order valence-electron chi connectivity index (χ3n) is 4.15. The van der Waals surface area contributed by atoms with Crippen LogP contribution in [0.2, 0.25) is 5.02 Å². The van der Waals surface area contributed by atoms with Crippen LogP contribution in [0.25, 0.3) is 0 Å². The highest BCUT2D eigenvalue weighted by atomic mass is 35.5. The third-order valence-corrected chi connectivity index (χ3v) is 5.26. The maximum atomic E-state index is 12.4. The Labute approximate surface area is 165 Å². The topological polar surface area (TPSA) is 95.5 Å². The summed E-state index contributed by atoms with van der Waals surface area (Å²) in [6.07, 6.45) is -0.627. The minimum Gasteiger partial charge on any atom is -0.488 e. The Morgan fingerprint density at radius 1 is 1.44 bits per heavy atom. The number of ether oxygens (including phenoxy) is 1. The van der Waals surface area contributed by atoms with E-state index in [2.05, 4.69) is 9.97 Å². The number of rotatable bonds is 5. The molecule has 0 unspecified atom stereocenters. The van der Waals surface area contributed by atoms with Crippen molar-refractivity contribution in [2.75, 3.05) is 18.8 Å². The highest BCUT2D eigenvalue weighted by molar-refractivity contribution is 7.99. The molecule has 2 N–H and O–H groups in total. The zero-order valence-electron chi connectivity index (χ0n) is 14.7. The molecule has 1 aliphatic heterocycles. The van der Waals surface area contributed by atoms with Crippen molar-refractivity contribution in [1.29, 1.82) is 0 Å². The second-order valence-electron chi connectivity index (χ2n) is 6.29. The molecule has 2 heterocycles. The minimum atomic E-state index is -0.778. The largest absolute Gasteiger partial charge is 0.488 e. The number of aromatic amines is 1. The second kappa shape index (κ2) is 8.77. The standard InChI is InChI=1S/C18H20ClN3O4S/c1-11-8-16(24)21-18(20-11)27-10-17(25)22-7-6-15(14(23)9-22)26-13-4-2-12(19)3-5-13/h2-5,8,14-15,23H,6-7,9-10H2,1H3,(H,20,21,24)/t14-,15-/m1/s1. The molecular formula is C18H20ClN3O4S. The number of hydrogen-bond acceptors (Lipinski definition) is 6. The van der Waals surface area contributed by atoms with Crippen molar-refractivity contribution in [2.24, 2.45) is 0 Å². The van der Waals surface area contributed by atoms with E-state index in [1.807, 2.05) is 0 Å². The predicted molar refractivity (Wildman–Crippen MR) is 103 cm³/mol. The molecule has 0 saturated carbocycles. The Balaban J connectivity index is 1.51. The van der Waals surface area contributed by atoms with E-state index in [0.29, 0.717) is 34.6 Å². The molecule has 1 fully saturated rings. The first-order valence-electron chi connectivity index (χ1n) is 8.49. The van der Waals surface area contributed by atoms with Crippen LogP contribution >= 0.6 is 23.4 Å².